The van der Waals surface area contributed by atoms with Gasteiger partial charge in [-0.15, -0.1) is 0 Å². The third kappa shape index (κ3) is 4.13. The molecule has 1 saturated heterocycles. The lowest BCUT2D eigenvalue weighted by atomic mass is 10.2. The maximum Gasteiger partial charge on any atom is 0.264 e. The molecule has 1 fully saturated rings. The highest BCUT2D eigenvalue weighted by molar-refractivity contribution is 8.18. The zero-order chi connectivity index (χ0) is 20.5. The Labute approximate surface area is 177 Å². The Balaban J connectivity index is 1.63. The van der Waals surface area contributed by atoms with Crippen molar-refractivity contribution in [1.82, 2.24) is 9.88 Å². The second kappa shape index (κ2) is 7.89. The number of thioether (sulfide) groups is 1. The van der Waals surface area contributed by atoms with Crippen LogP contribution < -0.4 is 5.32 Å². The standard InChI is InChI=1S/C22H17ClFN3OS/c1-13-11-15(14(2)27(13)19-9-3-16(23)4-10-19)12-20-21(28)26-22(29-20)25-18-7-5-17(24)6-8-18/h3-12H,1-2H3,(H,25,26,28). The summed E-state index contributed by atoms with van der Waals surface area (Å²) in [6.45, 7) is 4.03. The molecule has 1 N–H and O–H groups in total. The van der Waals surface area contributed by atoms with E-state index < -0.39 is 0 Å². The molecular weight excluding hydrogens is 409 g/mol. The number of amides is 1. The lowest BCUT2D eigenvalue weighted by Gasteiger charge is -2.09. The number of nitrogens with zero attached hydrogens (tertiary/aromatic N) is 2. The molecule has 4 rings (SSSR count). The molecule has 2 aromatic carbocycles. The number of hydrogen-bond donors (Lipinski definition) is 1. The van der Waals surface area contributed by atoms with Crippen LogP contribution in [0.5, 0.6) is 0 Å². The van der Waals surface area contributed by atoms with Crippen LogP contribution in [0.15, 0.2) is 64.5 Å². The summed E-state index contributed by atoms with van der Waals surface area (Å²) in [7, 11) is 0. The molecule has 146 valence electrons. The Kier molecular flexibility index (Phi) is 5.30. The predicted octanol–water partition coefficient (Wildman–Crippen LogP) is 5.78. The average molecular weight is 426 g/mol. The monoisotopic (exact) mass is 425 g/mol. The first-order valence-corrected chi connectivity index (χ1v) is 10.1. The molecule has 29 heavy (non-hydrogen) atoms. The van der Waals surface area contributed by atoms with Crippen molar-refractivity contribution < 1.29 is 9.18 Å². The van der Waals surface area contributed by atoms with Crippen molar-refractivity contribution in [2.45, 2.75) is 13.8 Å². The molecule has 1 amide bonds. The molecule has 0 unspecified atom stereocenters. The van der Waals surface area contributed by atoms with Crippen LogP contribution in [0.3, 0.4) is 0 Å². The van der Waals surface area contributed by atoms with Crippen LogP contribution in [0, 0.1) is 19.7 Å². The SMILES string of the molecule is Cc1cc(C=C2SC(=Nc3ccc(F)cc3)NC2=O)c(C)n1-c1ccc(Cl)cc1. The number of aryl methyl sites for hydroxylation is 1. The van der Waals surface area contributed by atoms with E-state index in [1.165, 1.54) is 23.9 Å². The van der Waals surface area contributed by atoms with Gasteiger partial charge < -0.3 is 9.88 Å². The number of hydrogen-bond acceptors (Lipinski definition) is 3. The van der Waals surface area contributed by atoms with Crippen LogP contribution in [0.4, 0.5) is 10.1 Å². The van der Waals surface area contributed by atoms with Gasteiger partial charge in [0.1, 0.15) is 5.82 Å². The Bertz CT molecular complexity index is 1150. The maximum absolute atomic E-state index is 13.0. The fraction of sp³-hybridized carbons (Fsp3) is 0.0909. The first-order chi connectivity index (χ1) is 13.9. The van der Waals surface area contributed by atoms with Crippen molar-refractivity contribution in [2.24, 2.45) is 4.99 Å². The minimum absolute atomic E-state index is 0.202. The van der Waals surface area contributed by atoms with Gasteiger partial charge in [0.15, 0.2) is 5.17 Å². The van der Waals surface area contributed by atoms with Gasteiger partial charge >= 0.3 is 0 Å². The van der Waals surface area contributed by atoms with E-state index in [2.05, 4.69) is 14.9 Å². The summed E-state index contributed by atoms with van der Waals surface area (Å²) >= 11 is 7.26. The van der Waals surface area contributed by atoms with Crippen LogP contribution in [0.1, 0.15) is 17.0 Å². The second-order valence-corrected chi connectivity index (χ2v) is 8.06. The first-order valence-electron chi connectivity index (χ1n) is 8.91. The predicted molar refractivity (Wildman–Crippen MR) is 117 cm³/mol. The number of halogens is 2. The number of aliphatic imine (C=N–C) groups is 1. The normalized spacial score (nSPS) is 16.6. The topological polar surface area (TPSA) is 46.4 Å². The molecule has 0 radical (unpaired) electrons. The third-order valence-electron chi connectivity index (χ3n) is 4.55. The van der Waals surface area contributed by atoms with Gasteiger partial charge in [-0.25, -0.2) is 9.38 Å². The first kappa shape index (κ1) is 19.5. The van der Waals surface area contributed by atoms with E-state index in [0.29, 0.717) is 20.8 Å². The molecule has 1 aromatic heterocycles. The Hall–Kier alpha value is -2.83. The molecule has 7 heteroatoms. The second-order valence-electron chi connectivity index (χ2n) is 6.60. The summed E-state index contributed by atoms with van der Waals surface area (Å²) in [5.74, 6) is -0.527. The largest absolute Gasteiger partial charge is 0.318 e. The average Bonchev–Trinajstić information content (AvgIpc) is 3.17. The smallest absolute Gasteiger partial charge is 0.264 e. The molecule has 0 spiro atoms. The van der Waals surface area contributed by atoms with Gasteiger partial charge in [0.05, 0.1) is 10.6 Å². The molecule has 3 aromatic rings. The van der Waals surface area contributed by atoms with Gasteiger partial charge in [0.2, 0.25) is 0 Å². The zero-order valence-corrected chi connectivity index (χ0v) is 17.3. The lowest BCUT2D eigenvalue weighted by molar-refractivity contribution is -0.115. The Morgan fingerprint density at radius 2 is 1.79 bits per heavy atom. The van der Waals surface area contributed by atoms with Gasteiger partial charge in [-0.2, -0.15) is 0 Å². The Morgan fingerprint density at radius 1 is 1.10 bits per heavy atom. The molecule has 1 aliphatic heterocycles. The van der Waals surface area contributed by atoms with Crippen LogP contribution in [0.2, 0.25) is 5.02 Å². The van der Waals surface area contributed by atoms with E-state index in [0.717, 1.165) is 22.6 Å². The number of rotatable bonds is 3. The van der Waals surface area contributed by atoms with E-state index in [1.54, 1.807) is 12.1 Å². The fourth-order valence-electron chi connectivity index (χ4n) is 3.18. The highest BCUT2D eigenvalue weighted by Crippen LogP contribution is 2.30. The lowest BCUT2D eigenvalue weighted by Crippen LogP contribution is -2.19. The molecule has 4 nitrogen and oxygen atoms in total. The van der Waals surface area contributed by atoms with Crippen LogP contribution in [-0.4, -0.2) is 15.6 Å². The minimum atomic E-state index is -0.325. The number of carbonyl (C=O) groups is 1. The van der Waals surface area contributed by atoms with Crippen molar-refractivity contribution in [1.29, 1.82) is 0 Å². The van der Waals surface area contributed by atoms with Gasteiger partial charge in [0, 0.05) is 22.1 Å². The number of aromatic nitrogens is 1. The van der Waals surface area contributed by atoms with E-state index >= 15 is 0 Å². The molecule has 1 aliphatic rings. The van der Waals surface area contributed by atoms with Gasteiger partial charge in [-0.1, -0.05) is 11.6 Å². The number of nitrogens with one attached hydrogen (secondary N) is 1. The summed E-state index contributed by atoms with van der Waals surface area (Å²) in [4.78, 5) is 17.3. The summed E-state index contributed by atoms with van der Waals surface area (Å²) in [6.07, 6.45) is 1.86. The summed E-state index contributed by atoms with van der Waals surface area (Å²) in [6, 6.07) is 15.5. The van der Waals surface area contributed by atoms with Crippen molar-refractivity contribution >= 4 is 46.2 Å². The number of carbonyl (C=O) groups excluding carboxylic acids is 1. The van der Waals surface area contributed by atoms with E-state index in [1.807, 2.05) is 50.3 Å². The van der Waals surface area contributed by atoms with Crippen LogP contribution in [0.25, 0.3) is 11.8 Å². The highest BCUT2D eigenvalue weighted by atomic mass is 35.5. The molecule has 0 atom stereocenters. The highest BCUT2D eigenvalue weighted by Gasteiger charge is 2.24. The molecular formula is C22H17ClFN3OS. The minimum Gasteiger partial charge on any atom is -0.318 e. The molecule has 0 aliphatic carbocycles. The van der Waals surface area contributed by atoms with Crippen molar-refractivity contribution in [2.75, 3.05) is 0 Å². The summed E-state index contributed by atoms with van der Waals surface area (Å²) < 4.78 is 15.2. The van der Waals surface area contributed by atoms with E-state index in [9.17, 15) is 9.18 Å². The van der Waals surface area contributed by atoms with Crippen molar-refractivity contribution in [3.63, 3.8) is 0 Å². The van der Waals surface area contributed by atoms with Crippen molar-refractivity contribution in [3.05, 3.63) is 87.3 Å². The van der Waals surface area contributed by atoms with Crippen LogP contribution in [-0.2, 0) is 4.79 Å². The number of benzene rings is 2. The summed E-state index contributed by atoms with van der Waals surface area (Å²) in [5, 5.41) is 3.91. The molecule has 2 heterocycles. The van der Waals surface area contributed by atoms with Crippen LogP contribution >= 0.6 is 23.4 Å². The fourth-order valence-corrected chi connectivity index (χ4v) is 4.13. The Morgan fingerprint density at radius 3 is 2.48 bits per heavy atom. The zero-order valence-electron chi connectivity index (χ0n) is 15.7. The van der Waals surface area contributed by atoms with Gasteiger partial charge in [0.25, 0.3) is 5.91 Å². The third-order valence-corrected chi connectivity index (χ3v) is 5.71. The van der Waals surface area contributed by atoms with Gasteiger partial charge in [-0.3, -0.25) is 4.79 Å². The molecule has 0 saturated carbocycles. The van der Waals surface area contributed by atoms with E-state index in [-0.39, 0.29) is 11.7 Å². The summed E-state index contributed by atoms with van der Waals surface area (Å²) in [5.41, 5.74) is 4.63. The van der Waals surface area contributed by atoms with Gasteiger partial charge in [-0.05, 0) is 91.8 Å². The number of amidine groups is 1. The van der Waals surface area contributed by atoms with E-state index in [4.69, 9.17) is 11.6 Å². The molecule has 0 bridgehead atoms. The maximum atomic E-state index is 13.0. The quantitative estimate of drug-likeness (QED) is 0.541. The van der Waals surface area contributed by atoms with Crippen molar-refractivity contribution in [3.8, 4) is 5.69 Å².